The zero-order valence-electron chi connectivity index (χ0n) is 12.3. The fourth-order valence-corrected chi connectivity index (χ4v) is 4.80. The standard InChI is InChI=1S/C15H25NO3S/c1-16(14(19)12-7-3-6-10-20-12)15(11-13(17)18)8-4-2-5-9-15/h12H,2-11H2,1H3,(H,17,18). The van der Waals surface area contributed by atoms with Gasteiger partial charge in [-0.1, -0.05) is 25.7 Å². The molecule has 1 aliphatic carbocycles. The van der Waals surface area contributed by atoms with Crippen LogP contribution in [-0.4, -0.2) is 45.5 Å². The molecule has 2 fully saturated rings. The normalized spacial score (nSPS) is 25.9. The maximum Gasteiger partial charge on any atom is 0.305 e. The molecule has 114 valence electrons. The smallest absolute Gasteiger partial charge is 0.305 e. The number of thioether (sulfide) groups is 1. The molecule has 1 unspecified atom stereocenters. The SMILES string of the molecule is CN(C(=O)C1CCCCS1)C1(CC(=O)O)CCCCC1. The maximum atomic E-state index is 12.7. The monoisotopic (exact) mass is 299 g/mol. The number of carboxylic acids is 1. The molecule has 1 heterocycles. The van der Waals surface area contributed by atoms with E-state index >= 15 is 0 Å². The van der Waals surface area contributed by atoms with E-state index < -0.39 is 11.5 Å². The van der Waals surface area contributed by atoms with E-state index in [1.54, 1.807) is 16.7 Å². The molecule has 20 heavy (non-hydrogen) atoms. The molecule has 0 aromatic carbocycles. The molecule has 1 atom stereocenters. The van der Waals surface area contributed by atoms with Crippen molar-refractivity contribution in [2.45, 2.75) is 68.6 Å². The van der Waals surface area contributed by atoms with E-state index in [9.17, 15) is 14.7 Å². The molecule has 4 nitrogen and oxygen atoms in total. The van der Waals surface area contributed by atoms with Gasteiger partial charge in [-0.25, -0.2) is 0 Å². The summed E-state index contributed by atoms with van der Waals surface area (Å²) in [5, 5.41) is 9.27. The summed E-state index contributed by atoms with van der Waals surface area (Å²) < 4.78 is 0. The Labute approximate surface area is 125 Å². The van der Waals surface area contributed by atoms with E-state index in [-0.39, 0.29) is 17.6 Å². The van der Waals surface area contributed by atoms with Crippen molar-refractivity contribution in [1.82, 2.24) is 4.90 Å². The molecule has 0 aromatic heterocycles. The summed E-state index contributed by atoms with van der Waals surface area (Å²) in [6.07, 6.45) is 8.22. The largest absolute Gasteiger partial charge is 0.481 e. The van der Waals surface area contributed by atoms with Gasteiger partial charge in [-0.15, -0.1) is 11.8 Å². The highest BCUT2D eigenvalue weighted by Crippen LogP contribution is 2.38. The first-order valence-electron chi connectivity index (χ1n) is 7.66. The van der Waals surface area contributed by atoms with Gasteiger partial charge in [0, 0.05) is 7.05 Å². The summed E-state index contributed by atoms with van der Waals surface area (Å²) in [4.78, 5) is 25.7. The first kappa shape index (κ1) is 15.7. The highest BCUT2D eigenvalue weighted by molar-refractivity contribution is 8.00. The van der Waals surface area contributed by atoms with Gasteiger partial charge in [0.25, 0.3) is 0 Å². The second-order valence-corrected chi connectivity index (χ2v) is 7.42. The number of amides is 1. The Balaban J connectivity index is 2.10. The van der Waals surface area contributed by atoms with Crippen molar-refractivity contribution in [1.29, 1.82) is 0 Å². The molecule has 0 aromatic rings. The molecule has 1 aliphatic heterocycles. The first-order valence-corrected chi connectivity index (χ1v) is 8.71. The van der Waals surface area contributed by atoms with E-state index in [1.165, 1.54) is 6.42 Å². The van der Waals surface area contributed by atoms with Crippen LogP contribution in [0.3, 0.4) is 0 Å². The van der Waals surface area contributed by atoms with Crippen LogP contribution in [0.15, 0.2) is 0 Å². The van der Waals surface area contributed by atoms with Crippen molar-refractivity contribution >= 4 is 23.6 Å². The van der Waals surface area contributed by atoms with Gasteiger partial charge in [0.1, 0.15) is 0 Å². The summed E-state index contributed by atoms with van der Waals surface area (Å²) in [7, 11) is 1.83. The van der Waals surface area contributed by atoms with Crippen LogP contribution in [0.4, 0.5) is 0 Å². The minimum Gasteiger partial charge on any atom is -0.481 e. The minimum atomic E-state index is -0.789. The third kappa shape index (κ3) is 3.48. The van der Waals surface area contributed by atoms with Gasteiger partial charge in [0.15, 0.2) is 0 Å². The lowest BCUT2D eigenvalue weighted by Crippen LogP contribution is -2.54. The highest BCUT2D eigenvalue weighted by Gasteiger charge is 2.42. The molecule has 1 saturated carbocycles. The molecule has 5 heteroatoms. The number of nitrogens with zero attached hydrogens (tertiary/aromatic N) is 1. The van der Waals surface area contributed by atoms with Gasteiger partial charge < -0.3 is 10.0 Å². The van der Waals surface area contributed by atoms with Crippen LogP contribution < -0.4 is 0 Å². The Morgan fingerprint density at radius 2 is 1.90 bits per heavy atom. The summed E-state index contributed by atoms with van der Waals surface area (Å²) >= 11 is 1.74. The number of carboxylic acid groups (broad SMARTS) is 1. The van der Waals surface area contributed by atoms with Gasteiger partial charge in [-0.05, 0) is 31.4 Å². The Kier molecular flexibility index (Phi) is 5.35. The van der Waals surface area contributed by atoms with Crippen molar-refractivity contribution < 1.29 is 14.7 Å². The van der Waals surface area contributed by atoms with Crippen LogP contribution in [0.5, 0.6) is 0 Å². The molecule has 0 bridgehead atoms. The van der Waals surface area contributed by atoms with Crippen LogP contribution >= 0.6 is 11.8 Å². The number of hydrogen-bond acceptors (Lipinski definition) is 3. The summed E-state index contributed by atoms with van der Waals surface area (Å²) in [6.45, 7) is 0. The molecule has 0 radical (unpaired) electrons. The van der Waals surface area contributed by atoms with Crippen LogP contribution in [0.25, 0.3) is 0 Å². The van der Waals surface area contributed by atoms with Crippen molar-refractivity contribution in [3.05, 3.63) is 0 Å². The quantitative estimate of drug-likeness (QED) is 0.867. The van der Waals surface area contributed by atoms with E-state index in [2.05, 4.69) is 0 Å². The maximum absolute atomic E-state index is 12.7. The molecule has 2 rings (SSSR count). The van der Waals surface area contributed by atoms with E-state index in [0.717, 1.165) is 50.7 Å². The zero-order valence-corrected chi connectivity index (χ0v) is 13.1. The number of carbonyl (C=O) groups excluding carboxylic acids is 1. The number of aliphatic carboxylic acids is 1. The van der Waals surface area contributed by atoms with E-state index in [4.69, 9.17) is 0 Å². The topological polar surface area (TPSA) is 57.6 Å². The second-order valence-electron chi connectivity index (χ2n) is 6.11. The molecular weight excluding hydrogens is 274 g/mol. The van der Waals surface area contributed by atoms with Crippen LogP contribution in [0, 0.1) is 0 Å². The van der Waals surface area contributed by atoms with E-state index in [1.807, 2.05) is 7.05 Å². The fourth-order valence-electron chi connectivity index (χ4n) is 3.51. The summed E-state index contributed by atoms with van der Waals surface area (Å²) in [5.41, 5.74) is -0.445. The average molecular weight is 299 g/mol. The van der Waals surface area contributed by atoms with Gasteiger partial charge in [0.05, 0.1) is 17.2 Å². The Morgan fingerprint density at radius 1 is 1.20 bits per heavy atom. The average Bonchev–Trinajstić information content (AvgIpc) is 2.47. The third-order valence-corrected chi connectivity index (χ3v) is 6.13. The van der Waals surface area contributed by atoms with Gasteiger partial charge >= 0.3 is 5.97 Å². The lowest BCUT2D eigenvalue weighted by molar-refractivity contribution is -0.145. The highest BCUT2D eigenvalue weighted by atomic mass is 32.2. The lowest BCUT2D eigenvalue weighted by Gasteiger charge is -2.45. The molecule has 2 aliphatic rings. The van der Waals surface area contributed by atoms with Crippen molar-refractivity contribution in [2.75, 3.05) is 12.8 Å². The van der Waals surface area contributed by atoms with Crippen molar-refractivity contribution in [3.8, 4) is 0 Å². The van der Waals surface area contributed by atoms with Gasteiger partial charge in [-0.3, -0.25) is 9.59 Å². The lowest BCUT2D eigenvalue weighted by atomic mass is 9.78. The van der Waals surface area contributed by atoms with Crippen molar-refractivity contribution in [3.63, 3.8) is 0 Å². The summed E-state index contributed by atoms with van der Waals surface area (Å²) in [6, 6.07) is 0. The van der Waals surface area contributed by atoms with Crippen LogP contribution in [0.1, 0.15) is 57.8 Å². The zero-order chi connectivity index (χ0) is 14.6. The van der Waals surface area contributed by atoms with Gasteiger partial charge in [0.2, 0.25) is 5.91 Å². The third-order valence-electron chi connectivity index (χ3n) is 4.76. The Hall–Kier alpha value is -0.710. The molecule has 1 amide bonds. The summed E-state index contributed by atoms with van der Waals surface area (Å²) in [5.74, 6) is 0.414. The second kappa shape index (κ2) is 6.83. The molecule has 0 spiro atoms. The number of carbonyl (C=O) groups is 2. The predicted octanol–water partition coefficient (Wildman–Crippen LogP) is 2.91. The molecule has 1 N–H and O–H groups in total. The van der Waals surface area contributed by atoms with E-state index in [0.29, 0.717) is 0 Å². The number of hydrogen-bond donors (Lipinski definition) is 1. The predicted molar refractivity (Wildman–Crippen MR) is 80.9 cm³/mol. The Bertz CT molecular complexity index is 360. The molecule has 1 saturated heterocycles. The fraction of sp³-hybridized carbons (Fsp3) is 0.867. The molecular formula is C15H25NO3S. The van der Waals surface area contributed by atoms with Gasteiger partial charge in [-0.2, -0.15) is 0 Å². The first-order chi connectivity index (χ1) is 9.55. The number of rotatable bonds is 4. The Morgan fingerprint density at radius 3 is 2.45 bits per heavy atom. The minimum absolute atomic E-state index is 0.0429. The van der Waals surface area contributed by atoms with Crippen LogP contribution in [0.2, 0.25) is 0 Å². The van der Waals surface area contributed by atoms with Crippen molar-refractivity contribution in [2.24, 2.45) is 0 Å². The van der Waals surface area contributed by atoms with Crippen LogP contribution in [-0.2, 0) is 9.59 Å².